The highest BCUT2D eigenvalue weighted by Crippen LogP contribution is 2.22. The first kappa shape index (κ1) is 15.8. The van der Waals surface area contributed by atoms with Crippen LogP contribution in [0.4, 0.5) is 8.78 Å². The first-order chi connectivity index (χ1) is 11.5. The molecular weight excluding hydrogens is 320 g/mol. The molecule has 0 saturated heterocycles. The van der Waals surface area contributed by atoms with Gasteiger partial charge in [-0.3, -0.25) is 4.98 Å². The minimum absolute atomic E-state index is 0.0120. The molecule has 0 spiro atoms. The molecule has 0 N–H and O–H groups in total. The van der Waals surface area contributed by atoms with Crippen molar-refractivity contribution >= 4 is 5.90 Å². The zero-order valence-electron chi connectivity index (χ0n) is 12.7. The van der Waals surface area contributed by atoms with Gasteiger partial charge in [-0.15, -0.1) is 10.2 Å². The Morgan fingerprint density at radius 2 is 2.17 bits per heavy atom. The third-order valence-electron chi connectivity index (χ3n) is 3.21. The lowest BCUT2D eigenvalue weighted by atomic mass is 10.2. The van der Waals surface area contributed by atoms with Crippen LogP contribution in [-0.2, 0) is 11.3 Å². The van der Waals surface area contributed by atoms with E-state index in [1.807, 2.05) is 7.05 Å². The van der Waals surface area contributed by atoms with E-state index in [1.165, 1.54) is 6.20 Å². The second-order valence-corrected chi connectivity index (χ2v) is 4.86. The smallest absolute Gasteiger partial charge is 0.314 e. The summed E-state index contributed by atoms with van der Waals surface area (Å²) in [4.78, 5) is 10.1. The highest BCUT2D eigenvalue weighted by atomic mass is 19.3. The second kappa shape index (κ2) is 6.57. The van der Waals surface area contributed by atoms with E-state index in [0.29, 0.717) is 22.9 Å². The first-order valence-electron chi connectivity index (χ1n) is 6.91. The van der Waals surface area contributed by atoms with Crippen molar-refractivity contribution in [1.29, 1.82) is 0 Å². The van der Waals surface area contributed by atoms with Crippen molar-refractivity contribution in [1.82, 2.24) is 20.1 Å². The maximum Gasteiger partial charge on any atom is 0.314 e. The van der Waals surface area contributed by atoms with Crippen LogP contribution in [0.15, 0.2) is 52.4 Å². The minimum Gasteiger partial charge on any atom is -0.470 e. The number of halogens is 2. The van der Waals surface area contributed by atoms with E-state index in [1.54, 1.807) is 29.4 Å². The maximum atomic E-state index is 12.4. The van der Waals surface area contributed by atoms with Gasteiger partial charge >= 0.3 is 6.43 Å². The molecule has 0 unspecified atom stereocenters. The molecule has 0 atom stereocenters. The summed E-state index contributed by atoms with van der Waals surface area (Å²) in [7, 11) is 1.84. The summed E-state index contributed by atoms with van der Waals surface area (Å²) in [5, 5.41) is 6.84. The number of ether oxygens (including phenoxy) is 1. The molecule has 0 bridgehead atoms. The summed E-state index contributed by atoms with van der Waals surface area (Å²) >= 11 is 0. The minimum atomic E-state index is -2.80. The molecule has 0 aromatic carbocycles. The van der Waals surface area contributed by atoms with Crippen LogP contribution in [0.1, 0.15) is 18.0 Å². The number of pyridine rings is 1. The van der Waals surface area contributed by atoms with Crippen molar-refractivity contribution in [3.05, 3.63) is 54.6 Å². The predicted molar refractivity (Wildman–Crippen MR) is 80.8 cm³/mol. The molecule has 3 rings (SSSR count). The average molecular weight is 333 g/mol. The van der Waals surface area contributed by atoms with Crippen LogP contribution < -0.4 is 0 Å². The molecule has 9 heteroatoms. The summed E-state index contributed by atoms with van der Waals surface area (Å²) in [5.41, 5.74) is 1.71. The average Bonchev–Trinajstić information content (AvgIpc) is 3.07. The molecular formula is C15H13F2N5O2. The summed E-state index contributed by atoms with van der Waals surface area (Å²) in [5.74, 6) is -0.324. The van der Waals surface area contributed by atoms with Gasteiger partial charge in [-0.1, -0.05) is 6.58 Å². The monoisotopic (exact) mass is 333 g/mol. The zero-order valence-corrected chi connectivity index (χ0v) is 12.7. The van der Waals surface area contributed by atoms with Gasteiger partial charge in [0.15, 0.2) is 0 Å². The Bertz CT molecular complexity index is 798. The summed E-state index contributed by atoms with van der Waals surface area (Å²) in [6.07, 6.45) is 2.02. The predicted octanol–water partition coefficient (Wildman–Crippen LogP) is 2.91. The van der Waals surface area contributed by atoms with Crippen LogP contribution in [0.25, 0.3) is 11.5 Å². The van der Waals surface area contributed by atoms with Crippen molar-refractivity contribution in [3.63, 3.8) is 0 Å². The van der Waals surface area contributed by atoms with E-state index in [0.717, 1.165) is 0 Å². The van der Waals surface area contributed by atoms with Crippen molar-refractivity contribution < 1.29 is 17.9 Å². The lowest BCUT2D eigenvalue weighted by Crippen LogP contribution is -2.22. The van der Waals surface area contributed by atoms with Crippen LogP contribution >= 0.6 is 0 Å². The van der Waals surface area contributed by atoms with Crippen molar-refractivity contribution in [3.8, 4) is 11.5 Å². The Morgan fingerprint density at radius 3 is 2.83 bits per heavy atom. The van der Waals surface area contributed by atoms with Crippen LogP contribution in [0.2, 0.25) is 0 Å². The molecule has 0 fully saturated rings. The first-order valence-corrected chi connectivity index (χ1v) is 6.91. The third kappa shape index (κ3) is 3.29. The fourth-order valence-electron chi connectivity index (χ4n) is 1.86. The van der Waals surface area contributed by atoms with Gasteiger partial charge in [-0.2, -0.15) is 8.78 Å². The molecule has 2 aromatic heterocycles. The number of rotatable bonds is 4. The topological polar surface area (TPSA) is 76.6 Å². The summed E-state index contributed by atoms with van der Waals surface area (Å²) < 4.78 is 35.3. The standard InChI is InChI=1S/C15H13F2N5O2/c1-9-13(18-5-6-22(9)2)23-8-11-4-3-10(7-19-11)14-20-21-15(24-14)12(16)17/h3-7,12H,1,8H2,2H3. The van der Waals surface area contributed by atoms with E-state index < -0.39 is 12.3 Å². The number of aromatic nitrogens is 3. The van der Waals surface area contributed by atoms with E-state index in [2.05, 4.69) is 26.8 Å². The number of hydrogen-bond donors (Lipinski definition) is 0. The zero-order chi connectivity index (χ0) is 17.1. The van der Waals surface area contributed by atoms with Gasteiger partial charge in [0.05, 0.1) is 17.0 Å². The summed E-state index contributed by atoms with van der Waals surface area (Å²) in [6, 6.07) is 3.31. The van der Waals surface area contributed by atoms with Crippen LogP contribution in [0.5, 0.6) is 0 Å². The molecule has 0 saturated carbocycles. The Hall–Kier alpha value is -3.10. The highest BCUT2D eigenvalue weighted by Gasteiger charge is 2.17. The quantitative estimate of drug-likeness (QED) is 0.856. The fraction of sp³-hybridized carbons (Fsp3) is 0.200. The molecule has 0 amide bonds. The maximum absolute atomic E-state index is 12.4. The van der Waals surface area contributed by atoms with Crippen LogP contribution in [0, 0.1) is 0 Å². The van der Waals surface area contributed by atoms with Gasteiger partial charge < -0.3 is 14.1 Å². The van der Waals surface area contributed by atoms with Crippen molar-refractivity contribution in [2.45, 2.75) is 13.0 Å². The molecule has 24 heavy (non-hydrogen) atoms. The van der Waals surface area contributed by atoms with Crippen molar-refractivity contribution in [2.75, 3.05) is 7.05 Å². The van der Waals surface area contributed by atoms with Crippen LogP contribution in [-0.4, -0.2) is 33.0 Å². The molecule has 124 valence electrons. The Balaban J connectivity index is 1.65. The number of hydrogen-bond acceptors (Lipinski definition) is 7. The van der Waals surface area contributed by atoms with E-state index in [9.17, 15) is 8.78 Å². The number of likely N-dealkylation sites (N-methyl/N-ethyl adjacent to an activating group) is 1. The Labute approximate surface area is 136 Å². The number of alkyl halides is 2. The molecule has 3 heterocycles. The van der Waals surface area contributed by atoms with Gasteiger partial charge in [0.1, 0.15) is 6.61 Å². The van der Waals surface area contributed by atoms with Gasteiger partial charge in [0.2, 0.25) is 11.8 Å². The Kier molecular flexibility index (Phi) is 4.32. The van der Waals surface area contributed by atoms with Crippen LogP contribution in [0.3, 0.4) is 0 Å². The lowest BCUT2D eigenvalue weighted by molar-refractivity contribution is 0.116. The molecule has 0 radical (unpaired) electrons. The number of nitrogens with zero attached hydrogens (tertiary/aromatic N) is 5. The molecule has 1 aliphatic heterocycles. The second-order valence-electron chi connectivity index (χ2n) is 4.86. The van der Waals surface area contributed by atoms with Gasteiger partial charge in [0, 0.05) is 25.6 Å². The Morgan fingerprint density at radius 1 is 1.33 bits per heavy atom. The summed E-state index contributed by atoms with van der Waals surface area (Å²) in [6.45, 7) is 4.06. The fourth-order valence-corrected chi connectivity index (χ4v) is 1.86. The SMILES string of the molecule is C=C1C(OCc2ccc(-c3nnc(C(F)F)o3)cn2)=NC=CN1C. The van der Waals surface area contributed by atoms with E-state index in [-0.39, 0.29) is 12.5 Å². The largest absolute Gasteiger partial charge is 0.470 e. The number of aliphatic imine (C=N–C) groups is 1. The molecule has 0 aliphatic carbocycles. The molecule has 1 aliphatic rings. The lowest BCUT2D eigenvalue weighted by Gasteiger charge is -2.21. The third-order valence-corrected chi connectivity index (χ3v) is 3.21. The molecule has 7 nitrogen and oxygen atoms in total. The van der Waals surface area contributed by atoms with Gasteiger partial charge in [-0.05, 0) is 12.1 Å². The van der Waals surface area contributed by atoms with Crippen molar-refractivity contribution in [2.24, 2.45) is 4.99 Å². The molecule has 2 aromatic rings. The van der Waals surface area contributed by atoms with Gasteiger partial charge in [-0.25, -0.2) is 4.99 Å². The highest BCUT2D eigenvalue weighted by molar-refractivity contribution is 5.93. The van der Waals surface area contributed by atoms with Gasteiger partial charge in [0.25, 0.3) is 5.89 Å². The van der Waals surface area contributed by atoms with E-state index >= 15 is 0 Å². The normalized spacial score (nSPS) is 14.2. The van der Waals surface area contributed by atoms with E-state index in [4.69, 9.17) is 9.15 Å².